The summed E-state index contributed by atoms with van der Waals surface area (Å²) in [5, 5.41) is 8.87. The number of aromatic carboxylic acids is 1. The molecule has 1 atom stereocenters. The molecule has 1 aliphatic rings. The predicted molar refractivity (Wildman–Crippen MR) is 61.8 cm³/mol. The van der Waals surface area contributed by atoms with Crippen molar-refractivity contribution >= 4 is 11.8 Å². The summed E-state index contributed by atoms with van der Waals surface area (Å²) in [4.78, 5) is 16.7. The molecule has 2 heterocycles. The van der Waals surface area contributed by atoms with Crippen molar-refractivity contribution in [2.45, 2.75) is 32.2 Å². The minimum absolute atomic E-state index is 0.164. The summed E-state index contributed by atoms with van der Waals surface area (Å²) >= 11 is 0. The molecule has 1 unspecified atom stereocenters. The Hall–Kier alpha value is -1.65. The highest BCUT2D eigenvalue weighted by molar-refractivity contribution is 5.88. The van der Waals surface area contributed by atoms with Crippen LogP contribution < -0.4 is 4.90 Å². The summed E-state index contributed by atoms with van der Waals surface area (Å²) in [6.07, 6.45) is 4.45. The lowest BCUT2D eigenvalue weighted by Gasteiger charge is -2.34. The smallest absolute Gasteiger partial charge is 0.338 e. The van der Waals surface area contributed by atoms with E-state index in [1.54, 1.807) is 0 Å². The van der Waals surface area contributed by atoms with Gasteiger partial charge in [0.2, 0.25) is 0 Å². The quantitative estimate of drug-likeness (QED) is 0.859. The number of hydrogen-bond acceptors (Lipinski definition) is 3. The standard InChI is InChI=1S/C12H15FN2O2/c1-8-4-2-3-7-15(8)11-10(13)9(12(16)17)5-6-14-11/h5-6,8H,2-4,7H2,1H3,(H,16,17). The van der Waals surface area contributed by atoms with Crippen molar-refractivity contribution in [3.05, 3.63) is 23.6 Å². The van der Waals surface area contributed by atoms with Gasteiger partial charge in [-0.05, 0) is 32.3 Å². The second kappa shape index (κ2) is 4.69. The number of piperidine rings is 1. The van der Waals surface area contributed by atoms with Crippen molar-refractivity contribution in [2.24, 2.45) is 0 Å². The Morgan fingerprint density at radius 3 is 3.00 bits per heavy atom. The average Bonchev–Trinajstić information content (AvgIpc) is 2.30. The van der Waals surface area contributed by atoms with E-state index in [-0.39, 0.29) is 17.4 Å². The van der Waals surface area contributed by atoms with Crippen molar-refractivity contribution in [1.82, 2.24) is 4.98 Å². The molecule has 1 aromatic rings. The molecular formula is C12H15FN2O2. The summed E-state index contributed by atoms with van der Waals surface area (Å²) in [5.74, 6) is -1.82. The maximum absolute atomic E-state index is 14.0. The molecule has 92 valence electrons. The average molecular weight is 238 g/mol. The molecule has 0 amide bonds. The summed E-state index contributed by atoms with van der Waals surface area (Å²) in [7, 11) is 0. The third kappa shape index (κ3) is 2.23. The number of anilines is 1. The van der Waals surface area contributed by atoms with E-state index in [0.29, 0.717) is 0 Å². The van der Waals surface area contributed by atoms with E-state index in [2.05, 4.69) is 4.98 Å². The molecule has 0 spiro atoms. The fraction of sp³-hybridized carbons (Fsp3) is 0.500. The van der Waals surface area contributed by atoms with Gasteiger partial charge in [0.05, 0.1) is 0 Å². The number of halogens is 1. The Labute approximate surface area is 99.1 Å². The second-order valence-corrected chi connectivity index (χ2v) is 4.34. The summed E-state index contributed by atoms with van der Waals surface area (Å²) in [6.45, 7) is 2.74. The number of hydrogen-bond donors (Lipinski definition) is 1. The molecule has 0 aliphatic carbocycles. The summed E-state index contributed by atoms with van der Waals surface area (Å²) in [5.41, 5.74) is -0.312. The fourth-order valence-corrected chi connectivity index (χ4v) is 2.21. The number of pyridine rings is 1. The molecule has 0 saturated carbocycles. The number of rotatable bonds is 2. The summed E-state index contributed by atoms with van der Waals surface area (Å²) in [6, 6.07) is 1.39. The Morgan fingerprint density at radius 1 is 1.59 bits per heavy atom. The van der Waals surface area contributed by atoms with Gasteiger partial charge < -0.3 is 10.0 Å². The molecule has 4 nitrogen and oxygen atoms in total. The van der Waals surface area contributed by atoms with Crippen LogP contribution in [0.5, 0.6) is 0 Å². The number of aromatic nitrogens is 1. The zero-order chi connectivity index (χ0) is 12.4. The first kappa shape index (κ1) is 11.8. The van der Waals surface area contributed by atoms with Crippen molar-refractivity contribution in [1.29, 1.82) is 0 Å². The van der Waals surface area contributed by atoms with E-state index in [1.807, 2.05) is 11.8 Å². The highest BCUT2D eigenvalue weighted by Gasteiger charge is 2.25. The minimum atomic E-state index is -1.25. The lowest BCUT2D eigenvalue weighted by atomic mass is 10.0. The van der Waals surface area contributed by atoms with Gasteiger partial charge in [0, 0.05) is 18.8 Å². The molecule has 0 bridgehead atoms. The Bertz CT molecular complexity index is 437. The van der Waals surface area contributed by atoms with Crippen LogP contribution in [0.25, 0.3) is 0 Å². The Kier molecular flexibility index (Phi) is 3.26. The van der Waals surface area contributed by atoms with Crippen LogP contribution in [0.3, 0.4) is 0 Å². The fourth-order valence-electron chi connectivity index (χ4n) is 2.21. The van der Waals surface area contributed by atoms with Crippen LogP contribution in [-0.2, 0) is 0 Å². The van der Waals surface area contributed by atoms with Gasteiger partial charge >= 0.3 is 5.97 Å². The van der Waals surface area contributed by atoms with Gasteiger partial charge in [-0.1, -0.05) is 0 Å². The van der Waals surface area contributed by atoms with Crippen molar-refractivity contribution in [2.75, 3.05) is 11.4 Å². The van der Waals surface area contributed by atoms with Crippen LogP contribution in [0.15, 0.2) is 12.3 Å². The molecule has 2 rings (SSSR count). The highest BCUT2D eigenvalue weighted by atomic mass is 19.1. The maximum Gasteiger partial charge on any atom is 0.338 e. The minimum Gasteiger partial charge on any atom is -0.478 e. The van der Waals surface area contributed by atoms with Gasteiger partial charge in [-0.25, -0.2) is 14.2 Å². The van der Waals surface area contributed by atoms with Gasteiger partial charge in [0.1, 0.15) is 5.56 Å². The van der Waals surface area contributed by atoms with Crippen LogP contribution in [0.1, 0.15) is 36.5 Å². The van der Waals surface area contributed by atoms with Crippen LogP contribution in [0.4, 0.5) is 10.2 Å². The first-order valence-corrected chi connectivity index (χ1v) is 5.75. The van der Waals surface area contributed by atoms with Crippen molar-refractivity contribution in [3.63, 3.8) is 0 Å². The van der Waals surface area contributed by atoms with Crippen molar-refractivity contribution in [3.8, 4) is 0 Å². The first-order valence-electron chi connectivity index (χ1n) is 5.75. The zero-order valence-corrected chi connectivity index (χ0v) is 9.69. The molecule has 17 heavy (non-hydrogen) atoms. The molecule has 1 N–H and O–H groups in total. The van der Waals surface area contributed by atoms with E-state index < -0.39 is 11.8 Å². The van der Waals surface area contributed by atoms with Crippen LogP contribution in [-0.4, -0.2) is 28.6 Å². The van der Waals surface area contributed by atoms with Crippen LogP contribution in [0.2, 0.25) is 0 Å². The molecule has 1 saturated heterocycles. The van der Waals surface area contributed by atoms with Gasteiger partial charge in [0.25, 0.3) is 0 Å². The van der Waals surface area contributed by atoms with E-state index in [4.69, 9.17) is 5.11 Å². The van der Waals surface area contributed by atoms with E-state index in [0.717, 1.165) is 25.8 Å². The van der Waals surface area contributed by atoms with E-state index in [1.165, 1.54) is 12.3 Å². The maximum atomic E-state index is 14.0. The van der Waals surface area contributed by atoms with Crippen LogP contribution >= 0.6 is 0 Å². The molecule has 5 heteroatoms. The second-order valence-electron chi connectivity index (χ2n) is 4.34. The number of nitrogens with zero attached hydrogens (tertiary/aromatic N) is 2. The summed E-state index contributed by atoms with van der Waals surface area (Å²) < 4.78 is 14.0. The van der Waals surface area contributed by atoms with Gasteiger partial charge in [-0.2, -0.15) is 0 Å². The first-order chi connectivity index (χ1) is 8.11. The molecule has 1 aromatic heterocycles. The Balaban J connectivity index is 2.38. The largest absolute Gasteiger partial charge is 0.478 e. The Morgan fingerprint density at radius 2 is 2.35 bits per heavy atom. The lowest BCUT2D eigenvalue weighted by Crippen LogP contribution is -2.38. The zero-order valence-electron chi connectivity index (χ0n) is 9.69. The third-order valence-corrected chi connectivity index (χ3v) is 3.18. The third-order valence-electron chi connectivity index (χ3n) is 3.18. The van der Waals surface area contributed by atoms with Crippen molar-refractivity contribution < 1.29 is 14.3 Å². The molecule has 1 fully saturated rings. The predicted octanol–water partition coefficient (Wildman–Crippen LogP) is 2.30. The van der Waals surface area contributed by atoms with E-state index >= 15 is 0 Å². The molecule has 0 radical (unpaired) electrons. The SMILES string of the molecule is CC1CCCCN1c1nccc(C(=O)O)c1F. The number of carboxylic acid groups (broad SMARTS) is 1. The van der Waals surface area contributed by atoms with Crippen LogP contribution in [0, 0.1) is 5.82 Å². The molecular weight excluding hydrogens is 223 g/mol. The number of carboxylic acids is 1. The molecule has 1 aliphatic heterocycles. The van der Waals surface area contributed by atoms with Gasteiger partial charge in [0.15, 0.2) is 11.6 Å². The number of carbonyl (C=O) groups is 1. The molecule has 0 aromatic carbocycles. The normalized spacial score (nSPS) is 20.4. The highest BCUT2D eigenvalue weighted by Crippen LogP contribution is 2.26. The van der Waals surface area contributed by atoms with Gasteiger partial charge in [-0.3, -0.25) is 0 Å². The lowest BCUT2D eigenvalue weighted by molar-refractivity contribution is 0.0691. The van der Waals surface area contributed by atoms with Gasteiger partial charge in [-0.15, -0.1) is 0 Å². The topological polar surface area (TPSA) is 53.4 Å². The van der Waals surface area contributed by atoms with E-state index in [9.17, 15) is 9.18 Å². The monoisotopic (exact) mass is 238 g/mol.